The van der Waals surface area contributed by atoms with Crippen molar-refractivity contribution in [2.75, 3.05) is 24.5 Å². The molecule has 1 aromatic carbocycles. The van der Waals surface area contributed by atoms with Gasteiger partial charge in [-0.05, 0) is 43.2 Å². The number of likely N-dealkylation sites (tertiary alicyclic amines) is 1. The van der Waals surface area contributed by atoms with E-state index in [1.807, 2.05) is 4.90 Å². The highest BCUT2D eigenvalue weighted by Gasteiger charge is 2.41. The lowest BCUT2D eigenvalue weighted by atomic mass is 9.91. The Morgan fingerprint density at radius 3 is 2.52 bits per heavy atom. The van der Waals surface area contributed by atoms with E-state index in [-0.39, 0.29) is 17.9 Å². The van der Waals surface area contributed by atoms with Crippen molar-refractivity contribution in [1.29, 1.82) is 0 Å². The van der Waals surface area contributed by atoms with Crippen molar-refractivity contribution in [3.05, 3.63) is 54.4 Å². The molecule has 0 spiro atoms. The van der Waals surface area contributed by atoms with E-state index in [0.717, 1.165) is 45.3 Å². The number of anilines is 1. The fraction of sp³-hybridized carbons (Fsp3) is 0.500. The number of nitrogens with zero attached hydrogens (tertiary/aromatic N) is 4. The van der Waals surface area contributed by atoms with Crippen molar-refractivity contribution in [3.8, 4) is 0 Å². The molecule has 0 N–H and O–H groups in total. The molecule has 142 valence electrons. The summed E-state index contributed by atoms with van der Waals surface area (Å²) in [6.07, 6.45) is 7.53. The third-order valence-electron chi connectivity index (χ3n) is 5.77. The molecule has 0 radical (unpaired) electrons. The van der Waals surface area contributed by atoms with Gasteiger partial charge in [0.05, 0.1) is 0 Å². The SMILES string of the molecule is CC1CN(CCc2ccccc2)CCC1N(C(=O)C1CC1)c1ncccn1. The summed E-state index contributed by atoms with van der Waals surface area (Å²) in [6, 6.07) is 12.6. The second-order valence-electron chi connectivity index (χ2n) is 7.90. The van der Waals surface area contributed by atoms with Gasteiger partial charge in [0, 0.05) is 44.0 Å². The Morgan fingerprint density at radius 1 is 1.11 bits per heavy atom. The lowest BCUT2D eigenvalue weighted by molar-refractivity contribution is -0.120. The summed E-state index contributed by atoms with van der Waals surface area (Å²) in [5, 5.41) is 0. The fourth-order valence-electron chi connectivity index (χ4n) is 4.09. The Hall–Kier alpha value is -2.27. The van der Waals surface area contributed by atoms with E-state index in [1.165, 1.54) is 5.56 Å². The molecule has 1 saturated carbocycles. The van der Waals surface area contributed by atoms with Crippen LogP contribution >= 0.6 is 0 Å². The van der Waals surface area contributed by atoms with Gasteiger partial charge in [0.2, 0.25) is 11.9 Å². The van der Waals surface area contributed by atoms with Gasteiger partial charge < -0.3 is 4.90 Å². The van der Waals surface area contributed by atoms with Crippen molar-refractivity contribution in [1.82, 2.24) is 14.9 Å². The molecule has 5 heteroatoms. The quantitative estimate of drug-likeness (QED) is 0.790. The second kappa shape index (κ2) is 8.17. The maximum atomic E-state index is 13.0. The van der Waals surface area contributed by atoms with Crippen molar-refractivity contribution in [2.24, 2.45) is 11.8 Å². The first-order valence-corrected chi connectivity index (χ1v) is 10.1. The molecule has 1 saturated heterocycles. The highest BCUT2D eigenvalue weighted by molar-refractivity contribution is 5.95. The standard InChI is InChI=1S/C22H28N4O/c1-17-16-25(14-10-18-6-3-2-4-7-18)15-11-20(17)26(21(27)19-8-9-19)22-23-12-5-13-24-22/h2-7,12-13,17,19-20H,8-11,14-16H2,1H3. The summed E-state index contributed by atoms with van der Waals surface area (Å²) in [5.41, 5.74) is 1.38. The number of carbonyl (C=O) groups is 1. The van der Waals surface area contributed by atoms with Crippen molar-refractivity contribution in [2.45, 2.75) is 38.6 Å². The molecule has 1 aliphatic heterocycles. The molecule has 2 fully saturated rings. The minimum atomic E-state index is 0.178. The van der Waals surface area contributed by atoms with E-state index in [1.54, 1.807) is 18.5 Å². The maximum Gasteiger partial charge on any atom is 0.232 e. The molecular formula is C22H28N4O. The number of benzene rings is 1. The summed E-state index contributed by atoms with van der Waals surface area (Å²) < 4.78 is 0. The summed E-state index contributed by atoms with van der Waals surface area (Å²) in [4.78, 5) is 26.2. The van der Waals surface area contributed by atoms with Gasteiger partial charge >= 0.3 is 0 Å². The molecule has 1 aromatic heterocycles. The van der Waals surface area contributed by atoms with Crippen LogP contribution in [-0.4, -0.2) is 46.5 Å². The summed E-state index contributed by atoms with van der Waals surface area (Å²) in [7, 11) is 0. The molecule has 2 aliphatic rings. The molecule has 27 heavy (non-hydrogen) atoms. The largest absolute Gasteiger partial charge is 0.303 e. The van der Waals surface area contributed by atoms with Gasteiger partial charge in [0.15, 0.2) is 0 Å². The van der Waals surface area contributed by atoms with Crippen LogP contribution in [0.5, 0.6) is 0 Å². The first-order valence-electron chi connectivity index (χ1n) is 10.1. The van der Waals surface area contributed by atoms with Crippen LogP contribution < -0.4 is 4.90 Å². The summed E-state index contributed by atoms with van der Waals surface area (Å²) >= 11 is 0. The minimum absolute atomic E-state index is 0.178. The second-order valence-corrected chi connectivity index (χ2v) is 7.90. The molecule has 2 unspecified atom stereocenters. The van der Waals surface area contributed by atoms with Crippen LogP contribution in [0, 0.1) is 11.8 Å². The zero-order valence-corrected chi connectivity index (χ0v) is 16.0. The van der Waals surface area contributed by atoms with Crippen LogP contribution in [-0.2, 0) is 11.2 Å². The number of amides is 1. The number of carbonyl (C=O) groups excluding carboxylic acids is 1. The Bertz CT molecular complexity index is 747. The van der Waals surface area contributed by atoms with E-state index in [0.29, 0.717) is 11.9 Å². The molecular weight excluding hydrogens is 336 g/mol. The number of piperidine rings is 1. The molecule has 1 aliphatic carbocycles. The van der Waals surface area contributed by atoms with Crippen LogP contribution in [0.15, 0.2) is 48.8 Å². The van der Waals surface area contributed by atoms with Crippen LogP contribution in [0.4, 0.5) is 5.95 Å². The smallest absolute Gasteiger partial charge is 0.232 e. The predicted octanol–water partition coefficient (Wildman–Crippen LogP) is 3.17. The zero-order valence-electron chi connectivity index (χ0n) is 16.0. The molecule has 2 aromatic rings. The lowest BCUT2D eigenvalue weighted by Gasteiger charge is -2.42. The Labute approximate surface area is 161 Å². The Balaban J connectivity index is 1.41. The highest BCUT2D eigenvalue weighted by atomic mass is 16.2. The third kappa shape index (κ3) is 4.35. The minimum Gasteiger partial charge on any atom is -0.303 e. The Kier molecular flexibility index (Phi) is 5.48. The van der Waals surface area contributed by atoms with Gasteiger partial charge in [0.25, 0.3) is 0 Å². The van der Waals surface area contributed by atoms with E-state index < -0.39 is 0 Å². The van der Waals surface area contributed by atoms with Crippen LogP contribution in [0.1, 0.15) is 31.7 Å². The number of hydrogen-bond donors (Lipinski definition) is 0. The van der Waals surface area contributed by atoms with E-state index in [9.17, 15) is 4.79 Å². The number of rotatable bonds is 6. The van der Waals surface area contributed by atoms with Crippen molar-refractivity contribution >= 4 is 11.9 Å². The number of aromatic nitrogens is 2. The average Bonchev–Trinajstić information content (AvgIpc) is 3.55. The zero-order chi connectivity index (χ0) is 18.6. The van der Waals surface area contributed by atoms with Gasteiger partial charge in [-0.15, -0.1) is 0 Å². The molecule has 5 nitrogen and oxygen atoms in total. The van der Waals surface area contributed by atoms with Gasteiger partial charge in [-0.1, -0.05) is 37.3 Å². The van der Waals surface area contributed by atoms with Gasteiger partial charge in [-0.2, -0.15) is 0 Å². The van der Waals surface area contributed by atoms with Crippen molar-refractivity contribution in [3.63, 3.8) is 0 Å². The van der Waals surface area contributed by atoms with Gasteiger partial charge in [-0.25, -0.2) is 9.97 Å². The molecule has 0 bridgehead atoms. The maximum absolute atomic E-state index is 13.0. The van der Waals surface area contributed by atoms with Crippen LogP contribution in [0.3, 0.4) is 0 Å². The van der Waals surface area contributed by atoms with Gasteiger partial charge in [0.1, 0.15) is 0 Å². The van der Waals surface area contributed by atoms with Crippen LogP contribution in [0.2, 0.25) is 0 Å². The molecule has 2 atom stereocenters. The number of hydrogen-bond acceptors (Lipinski definition) is 4. The predicted molar refractivity (Wildman–Crippen MR) is 106 cm³/mol. The van der Waals surface area contributed by atoms with Crippen LogP contribution in [0.25, 0.3) is 0 Å². The fourth-order valence-corrected chi connectivity index (χ4v) is 4.09. The normalized spacial score (nSPS) is 23.1. The average molecular weight is 364 g/mol. The highest BCUT2D eigenvalue weighted by Crippen LogP contribution is 2.35. The molecule has 2 heterocycles. The third-order valence-corrected chi connectivity index (χ3v) is 5.77. The topological polar surface area (TPSA) is 49.3 Å². The van der Waals surface area contributed by atoms with Gasteiger partial charge in [-0.3, -0.25) is 9.69 Å². The lowest BCUT2D eigenvalue weighted by Crippen LogP contribution is -2.53. The van der Waals surface area contributed by atoms with Crippen molar-refractivity contribution < 1.29 is 4.79 Å². The summed E-state index contributed by atoms with van der Waals surface area (Å²) in [6.45, 7) is 5.36. The first kappa shape index (κ1) is 18.1. The monoisotopic (exact) mass is 364 g/mol. The Morgan fingerprint density at radius 2 is 1.85 bits per heavy atom. The molecule has 4 rings (SSSR count). The van der Waals surface area contributed by atoms with E-state index in [2.05, 4.69) is 52.1 Å². The van der Waals surface area contributed by atoms with E-state index in [4.69, 9.17) is 0 Å². The van der Waals surface area contributed by atoms with E-state index >= 15 is 0 Å². The summed E-state index contributed by atoms with van der Waals surface area (Å²) in [5.74, 6) is 1.37. The first-order chi connectivity index (χ1) is 13.2. The molecule has 1 amide bonds.